The minimum atomic E-state index is -1.87. The van der Waals surface area contributed by atoms with Gasteiger partial charge in [0, 0.05) is 13.6 Å². The average molecular weight is 504 g/mol. The van der Waals surface area contributed by atoms with Gasteiger partial charge in [0.1, 0.15) is 23.2 Å². The first-order valence-corrected chi connectivity index (χ1v) is 12.4. The molecule has 1 amide bonds. The molecule has 0 aliphatic rings. The highest BCUT2D eigenvalue weighted by atomic mass is 35.5. The molecule has 0 bridgehead atoms. The Kier molecular flexibility index (Phi) is 11.9. The maximum atomic E-state index is 12.2. The van der Waals surface area contributed by atoms with Gasteiger partial charge in [0.05, 0.1) is 12.7 Å². The summed E-state index contributed by atoms with van der Waals surface area (Å²) in [6.07, 6.45) is 1.80. The minimum absolute atomic E-state index is 0. The van der Waals surface area contributed by atoms with Gasteiger partial charge in [-0.15, -0.1) is 0 Å². The van der Waals surface area contributed by atoms with Crippen LogP contribution in [-0.4, -0.2) is 43.1 Å². The van der Waals surface area contributed by atoms with Gasteiger partial charge < -0.3 is 40.8 Å². The van der Waals surface area contributed by atoms with Crippen LogP contribution in [0, 0.1) is 5.41 Å². The quantitative estimate of drug-likeness (QED) is 0.122. The van der Waals surface area contributed by atoms with Crippen LogP contribution in [0.5, 0.6) is 0 Å². The van der Waals surface area contributed by atoms with Crippen LogP contribution >= 0.6 is 7.26 Å². The number of guanidine groups is 1. The average Bonchev–Trinajstić information content (AvgIpc) is 2.81. The van der Waals surface area contributed by atoms with Crippen molar-refractivity contribution >= 4 is 35.0 Å². The highest BCUT2D eigenvalue weighted by molar-refractivity contribution is 7.95. The molecule has 0 spiro atoms. The van der Waals surface area contributed by atoms with E-state index in [0.717, 1.165) is 12.6 Å². The van der Waals surface area contributed by atoms with Gasteiger partial charge in [0.15, 0.2) is 5.96 Å². The van der Waals surface area contributed by atoms with Gasteiger partial charge in [-0.25, -0.2) is 0 Å². The van der Waals surface area contributed by atoms with Crippen molar-refractivity contribution in [1.82, 2.24) is 10.2 Å². The Hall–Kier alpha value is -2.59. The summed E-state index contributed by atoms with van der Waals surface area (Å²) < 4.78 is 0. The van der Waals surface area contributed by atoms with Gasteiger partial charge in [-0.2, -0.15) is 0 Å². The zero-order chi connectivity index (χ0) is 22.1. The normalized spacial score (nSPS) is 10.3. The van der Waals surface area contributed by atoms with E-state index >= 15 is 0 Å². The van der Waals surface area contributed by atoms with Crippen LogP contribution in [0.3, 0.4) is 0 Å². The van der Waals surface area contributed by atoms with Crippen molar-refractivity contribution in [3.05, 3.63) is 91.0 Å². The number of amides is 1. The second-order valence-electron chi connectivity index (χ2n) is 7.48. The van der Waals surface area contributed by atoms with Crippen molar-refractivity contribution < 1.29 is 29.6 Å². The first-order chi connectivity index (χ1) is 15.0. The van der Waals surface area contributed by atoms with E-state index in [0.29, 0.717) is 6.54 Å². The fraction of sp³-hybridized carbons (Fsp3) is 0.200. The summed E-state index contributed by atoms with van der Waals surface area (Å²) in [6.45, 7) is 0.671. The third-order valence-corrected chi connectivity index (χ3v) is 9.90. The molecule has 3 aromatic rings. The molecule has 0 heterocycles. The van der Waals surface area contributed by atoms with E-state index in [1.54, 1.807) is 7.05 Å². The van der Waals surface area contributed by atoms with E-state index in [1.165, 1.54) is 20.8 Å². The molecule has 0 aliphatic carbocycles. The van der Waals surface area contributed by atoms with Crippen LogP contribution in [0.2, 0.25) is 0 Å². The zero-order valence-electron chi connectivity index (χ0n) is 18.6. The standard InChI is InChI=1S/C25H29N4OP.2ClH/c1-29(25(26)27)20-24(30)28-18-11-19-31(21-12-5-2-6-13-21,22-14-7-3-8-15-22)23-16-9-4-10-17-23;;/h2-10,12-17H,11,18-20H2,1H3,(H3-,26,27,28,30);2*1H/p-1. The lowest BCUT2D eigenvalue weighted by molar-refractivity contribution is -0.121. The topological polar surface area (TPSA) is 82.2 Å². The highest BCUT2D eigenvalue weighted by Crippen LogP contribution is 2.55. The zero-order valence-corrected chi connectivity index (χ0v) is 21.0. The number of hydrogen-bond acceptors (Lipinski definition) is 2. The van der Waals surface area contributed by atoms with Gasteiger partial charge in [-0.05, 0) is 42.8 Å². The Labute approximate surface area is 209 Å². The molecular weight excluding hydrogens is 474 g/mol. The van der Waals surface area contributed by atoms with Crippen molar-refractivity contribution in [2.24, 2.45) is 5.73 Å². The van der Waals surface area contributed by atoms with Crippen LogP contribution in [0.4, 0.5) is 0 Å². The summed E-state index contributed by atoms with van der Waals surface area (Å²) in [5, 5.41) is 14.4. The molecule has 0 unspecified atom stereocenters. The van der Waals surface area contributed by atoms with Crippen LogP contribution in [0.25, 0.3) is 0 Å². The molecule has 0 saturated heterocycles. The Morgan fingerprint density at radius 1 is 0.848 bits per heavy atom. The third-order valence-electron chi connectivity index (χ3n) is 5.38. The maximum absolute atomic E-state index is 12.2. The second-order valence-corrected chi connectivity index (χ2v) is 11.1. The lowest BCUT2D eigenvalue weighted by Crippen LogP contribution is -3.00. The lowest BCUT2D eigenvalue weighted by Gasteiger charge is -2.27. The SMILES string of the molecule is CN(CC(=O)NCCC[P+](c1ccccc1)(c1ccccc1)c1ccccc1)C(=N)N.[Cl-].[Cl-]. The fourth-order valence-corrected chi connectivity index (χ4v) is 8.13. The number of nitrogens with two attached hydrogens (primary N) is 1. The number of nitrogens with one attached hydrogen (secondary N) is 2. The van der Waals surface area contributed by atoms with E-state index in [-0.39, 0.29) is 43.2 Å². The Morgan fingerprint density at radius 3 is 1.61 bits per heavy atom. The van der Waals surface area contributed by atoms with E-state index in [9.17, 15) is 4.79 Å². The minimum Gasteiger partial charge on any atom is -1.00 e. The number of rotatable bonds is 9. The molecule has 5 nitrogen and oxygen atoms in total. The van der Waals surface area contributed by atoms with Gasteiger partial charge in [-0.3, -0.25) is 10.2 Å². The Balaban J connectivity index is 0.00000272. The molecule has 0 fully saturated rings. The van der Waals surface area contributed by atoms with Gasteiger partial charge in [-0.1, -0.05) is 54.6 Å². The first kappa shape index (κ1) is 28.4. The van der Waals surface area contributed by atoms with Gasteiger partial charge in [0.2, 0.25) is 5.91 Å². The summed E-state index contributed by atoms with van der Waals surface area (Å²) in [7, 11) is -0.235. The van der Waals surface area contributed by atoms with Crippen molar-refractivity contribution in [3.63, 3.8) is 0 Å². The van der Waals surface area contributed by atoms with Crippen molar-refractivity contribution in [3.8, 4) is 0 Å². The monoisotopic (exact) mass is 503 g/mol. The van der Waals surface area contributed by atoms with E-state index < -0.39 is 7.26 Å². The molecule has 0 atom stereocenters. The largest absolute Gasteiger partial charge is 1.00 e. The summed E-state index contributed by atoms with van der Waals surface area (Å²) in [4.78, 5) is 13.6. The number of hydrogen-bond donors (Lipinski definition) is 3. The molecule has 3 rings (SSSR count). The van der Waals surface area contributed by atoms with Crippen LogP contribution in [-0.2, 0) is 4.79 Å². The summed E-state index contributed by atoms with van der Waals surface area (Å²) in [5.74, 6) is -0.238. The summed E-state index contributed by atoms with van der Waals surface area (Å²) >= 11 is 0. The Bertz CT molecular complexity index is 894. The van der Waals surface area contributed by atoms with Crippen LogP contribution in [0.1, 0.15) is 6.42 Å². The molecule has 8 heteroatoms. The molecule has 0 aliphatic heterocycles. The van der Waals surface area contributed by atoms with Gasteiger partial charge >= 0.3 is 0 Å². The molecular formula is C25H30Cl2N4OP-. The smallest absolute Gasteiger partial charge is 0.239 e. The van der Waals surface area contributed by atoms with E-state index in [2.05, 4.69) is 96.3 Å². The molecule has 4 N–H and O–H groups in total. The van der Waals surface area contributed by atoms with Gasteiger partial charge in [0.25, 0.3) is 0 Å². The van der Waals surface area contributed by atoms with Crippen LogP contribution in [0.15, 0.2) is 91.0 Å². The van der Waals surface area contributed by atoms with Crippen molar-refractivity contribution in [2.45, 2.75) is 6.42 Å². The molecule has 0 aromatic heterocycles. The number of nitrogens with zero attached hydrogens (tertiary/aromatic N) is 1. The summed E-state index contributed by atoms with van der Waals surface area (Å²) in [6, 6.07) is 32.2. The molecule has 0 radical (unpaired) electrons. The predicted molar refractivity (Wildman–Crippen MR) is 132 cm³/mol. The highest BCUT2D eigenvalue weighted by Gasteiger charge is 2.44. The number of benzene rings is 3. The second kappa shape index (κ2) is 13.8. The van der Waals surface area contributed by atoms with E-state index in [1.807, 2.05) is 0 Å². The molecule has 3 aromatic carbocycles. The van der Waals surface area contributed by atoms with Crippen LogP contribution < -0.4 is 51.8 Å². The predicted octanol–water partition coefficient (Wildman–Crippen LogP) is -3.68. The van der Waals surface area contributed by atoms with E-state index in [4.69, 9.17) is 11.1 Å². The molecule has 0 saturated carbocycles. The van der Waals surface area contributed by atoms with Crippen molar-refractivity contribution in [1.29, 1.82) is 5.41 Å². The number of carbonyl (C=O) groups is 1. The number of carbonyl (C=O) groups excluding carboxylic acids is 1. The fourth-order valence-electron chi connectivity index (χ4n) is 3.78. The molecule has 33 heavy (non-hydrogen) atoms. The van der Waals surface area contributed by atoms with Crippen molar-refractivity contribution in [2.75, 3.05) is 26.3 Å². The lowest BCUT2D eigenvalue weighted by atomic mass is 10.3. The first-order valence-electron chi connectivity index (χ1n) is 10.4. The molecule has 176 valence electrons. The third kappa shape index (κ3) is 7.20. The summed E-state index contributed by atoms with van der Waals surface area (Å²) in [5.41, 5.74) is 5.42. The Morgan fingerprint density at radius 2 is 1.24 bits per heavy atom. The number of likely N-dealkylation sites (N-methyl/N-ethyl adjacent to an activating group) is 1. The number of halogens is 2. The maximum Gasteiger partial charge on any atom is 0.239 e.